The van der Waals surface area contributed by atoms with Gasteiger partial charge in [0.05, 0.1) is 6.61 Å². The number of carbonyl (C=O) groups is 1. The third-order valence-corrected chi connectivity index (χ3v) is 6.10. The third kappa shape index (κ3) is 3.08. The normalized spacial score (nSPS) is 29.1. The van der Waals surface area contributed by atoms with E-state index >= 15 is 0 Å². The van der Waals surface area contributed by atoms with E-state index in [0.717, 1.165) is 49.2 Å². The highest BCUT2D eigenvalue weighted by Gasteiger charge is 2.50. The number of nitrogens with zero attached hydrogens (tertiary/aromatic N) is 2. The number of hydrogen-bond donors (Lipinski definition) is 0. The van der Waals surface area contributed by atoms with Crippen LogP contribution in [0.4, 0.5) is 0 Å². The molecule has 0 spiro atoms. The second kappa shape index (κ2) is 6.14. The molecule has 0 bridgehead atoms. The minimum Gasteiger partial charge on any atom is -0.381 e. The summed E-state index contributed by atoms with van der Waals surface area (Å²) in [6, 6.07) is 3.83. The molecule has 1 aromatic heterocycles. The Hall–Kier alpha value is -1.42. The van der Waals surface area contributed by atoms with Crippen molar-refractivity contribution in [2.45, 2.75) is 46.0 Å². The number of aromatic nitrogens is 1. The van der Waals surface area contributed by atoms with E-state index in [0.29, 0.717) is 5.92 Å². The Morgan fingerprint density at radius 1 is 1.29 bits per heavy atom. The Morgan fingerprint density at radius 3 is 2.75 bits per heavy atom. The van der Waals surface area contributed by atoms with Crippen LogP contribution in [0.1, 0.15) is 53.8 Å². The molecule has 3 aliphatic rings. The van der Waals surface area contributed by atoms with E-state index < -0.39 is 0 Å². The predicted molar refractivity (Wildman–Crippen MR) is 92.9 cm³/mol. The maximum atomic E-state index is 13.0. The molecule has 4 heteroatoms. The molecule has 2 aliphatic carbocycles. The van der Waals surface area contributed by atoms with Crippen molar-refractivity contribution in [1.29, 1.82) is 0 Å². The molecule has 0 aromatic carbocycles. The summed E-state index contributed by atoms with van der Waals surface area (Å²) in [7, 11) is 0. The lowest BCUT2D eigenvalue weighted by atomic mass is 9.81. The SMILES string of the molecule is Cc1cc(C(=O)N2C[C@H]3CCC[C@@]3(COCC3CC3)C2)cc(C)n1. The van der Waals surface area contributed by atoms with Crippen molar-refractivity contribution >= 4 is 5.91 Å². The fourth-order valence-corrected chi connectivity index (χ4v) is 4.66. The van der Waals surface area contributed by atoms with Crippen molar-refractivity contribution < 1.29 is 9.53 Å². The van der Waals surface area contributed by atoms with Crippen LogP contribution in [-0.4, -0.2) is 42.1 Å². The van der Waals surface area contributed by atoms with Gasteiger partial charge in [0.1, 0.15) is 0 Å². The van der Waals surface area contributed by atoms with Gasteiger partial charge in [-0.2, -0.15) is 0 Å². The lowest BCUT2D eigenvalue weighted by Crippen LogP contribution is -2.35. The summed E-state index contributed by atoms with van der Waals surface area (Å²) in [5.41, 5.74) is 2.83. The maximum Gasteiger partial charge on any atom is 0.254 e. The van der Waals surface area contributed by atoms with Crippen LogP contribution in [0.15, 0.2) is 12.1 Å². The molecule has 130 valence electrons. The smallest absolute Gasteiger partial charge is 0.254 e. The number of fused-ring (bicyclic) bond motifs is 1. The van der Waals surface area contributed by atoms with E-state index in [1.165, 1.54) is 32.1 Å². The summed E-state index contributed by atoms with van der Waals surface area (Å²) in [6.45, 7) is 7.43. The van der Waals surface area contributed by atoms with Gasteiger partial charge in [-0.1, -0.05) is 6.42 Å². The number of ether oxygens (including phenoxy) is 1. The highest BCUT2D eigenvalue weighted by molar-refractivity contribution is 5.94. The molecule has 1 aromatic rings. The molecule has 4 rings (SSSR count). The fourth-order valence-electron chi connectivity index (χ4n) is 4.66. The number of amides is 1. The van der Waals surface area contributed by atoms with Crippen molar-refractivity contribution in [3.05, 3.63) is 29.1 Å². The zero-order valence-corrected chi connectivity index (χ0v) is 14.9. The summed E-state index contributed by atoms with van der Waals surface area (Å²) in [4.78, 5) is 19.4. The highest BCUT2D eigenvalue weighted by Crippen LogP contribution is 2.49. The average molecular weight is 328 g/mol. The summed E-state index contributed by atoms with van der Waals surface area (Å²) < 4.78 is 6.07. The molecule has 0 N–H and O–H groups in total. The van der Waals surface area contributed by atoms with Crippen LogP contribution in [0.5, 0.6) is 0 Å². The van der Waals surface area contributed by atoms with Gasteiger partial charge < -0.3 is 9.64 Å². The minimum atomic E-state index is 0.166. The second-order valence-electron chi connectivity index (χ2n) is 8.23. The van der Waals surface area contributed by atoms with Crippen molar-refractivity contribution in [3.63, 3.8) is 0 Å². The number of likely N-dealkylation sites (tertiary alicyclic amines) is 1. The Kier molecular flexibility index (Phi) is 4.11. The average Bonchev–Trinajstić information content (AvgIpc) is 3.15. The number of rotatable bonds is 5. The molecule has 2 atom stereocenters. The summed E-state index contributed by atoms with van der Waals surface area (Å²) in [6.07, 6.45) is 6.40. The van der Waals surface area contributed by atoms with E-state index in [4.69, 9.17) is 4.74 Å². The van der Waals surface area contributed by atoms with Crippen molar-refractivity contribution in [1.82, 2.24) is 9.88 Å². The van der Waals surface area contributed by atoms with E-state index in [2.05, 4.69) is 9.88 Å². The molecule has 1 saturated heterocycles. The first kappa shape index (κ1) is 16.1. The van der Waals surface area contributed by atoms with E-state index in [9.17, 15) is 4.79 Å². The van der Waals surface area contributed by atoms with Crippen LogP contribution in [0.25, 0.3) is 0 Å². The Bertz CT molecular complexity index is 620. The number of aryl methyl sites for hydroxylation is 2. The van der Waals surface area contributed by atoms with Crippen molar-refractivity contribution in [2.24, 2.45) is 17.3 Å². The van der Waals surface area contributed by atoms with Gasteiger partial charge in [-0.3, -0.25) is 9.78 Å². The maximum absolute atomic E-state index is 13.0. The molecule has 0 unspecified atom stereocenters. The zero-order valence-electron chi connectivity index (χ0n) is 14.9. The van der Waals surface area contributed by atoms with E-state index in [1.807, 2.05) is 26.0 Å². The minimum absolute atomic E-state index is 0.166. The Labute approximate surface area is 144 Å². The van der Waals surface area contributed by atoms with Gasteiger partial charge in [0.15, 0.2) is 0 Å². The molecule has 3 fully saturated rings. The largest absolute Gasteiger partial charge is 0.381 e. The summed E-state index contributed by atoms with van der Waals surface area (Å²) in [5, 5.41) is 0. The highest BCUT2D eigenvalue weighted by atomic mass is 16.5. The molecule has 2 saturated carbocycles. The van der Waals surface area contributed by atoms with Gasteiger partial charge in [-0.15, -0.1) is 0 Å². The van der Waals surface area contributed by atoms with Gasteiger partial charge in [0.2, 0.25) is 0 Å². The van der Waals surface area contributed by atoms with Crippen LogP contribution in [0.3, 0.4) is 0 Å². The second-order valence-corrected chi connectivity index (χ2v) is 8.23. The summed E-state index contributed by atoms with van der Waals surface area (Å²) in [5.74, 6) is 1.59. The molecule has 24 heavy (non-hydrogen) atoms. The number of hydrogen-bond acceptors (Lipinski definition) is 3. The first-order valence-corrected chi connectivity index (χ1v) is 9.38. The molecule has 4 nitrogen and oxygen atoms in total. The van der Waals surface area contributed by atoms with Gasteiger partial charge in [-0.25, -0.2) is 0 Å². The first-order valence-electron chi connectivity index (χ1n) is 9.38. The van der Waals surface area contributed by atoms with Crippen molar-refractivity contribution in [3.8, 4) is 0 Å². The van der Waals surface area contributed by atoms with E-state index in [1.54, 1.807) is 0 Å². The first-order chi connectivity index (χ1) is 11.6. The number of carbonyl (C=O) groups excluding carboxylic acids is 1. The Balaban J connectivity index is 1.46. The van der Waals surface area contributed by atoms with Gasteiger partial charge in [0.25, 0.3) is 5.91 Å². The third-order valence-electron chi connectivity index (χ3n) is 6.10. The van der Waals surface area contributed by atoms with Crippen molar-refractivity contribution in [2.75, 3.05) is 26.3 Å². The van der Waals surface area contributed by atoms with Crippen LogP contribution in [0, 0.1) is 31.1 Å². The topological polar surface area (TPSA) is 42.4 Å². The van der Waals surface area contributed by atoms with Gasteiger partial charge >= 0.3 is 0 Å². The molecular weight excluding hydrogens is 300 g/mol. The molecule has 2 heterocycles. The quantitative estimate of drug-likeness (QED) is 0.832. The van der Waals surface area contributed by atoms with Gasteiger partial charge in [-0.05, 0) is 63.5 Å². The van der Waals surface area contributed by atoms with Crippen LogP contribution >= 0.6 is 0 Å². The lowest BCUT2D eigenvalue weighted by molar-refractivity contribution is 0.0307. The van der Waals surface area contributed by atoms with Gasteiger partial charge in [0, 0.05) is 42.1 Å². The summed E-state index contributed by atoms with van der Waals surface area (Å²) >= 11 is 0. The van der Waals surface area contributed by atoms with Crippen LogP contribution in [0.2, 0.25) is 0 Å². The molecule has 1 aliphatic heterocycles. The Morgan fingerprint density at radius 2 is 2.04 bits per heavy atom. The monoisotopic (exact) mass is 328 g/mol. The standard InChI is InChI=1S/C20H28N2O2/c1-14-8-17(9-15(2)21-14)19(23)22-10-18-4-3-7-20(18,12-22)13-24-11-16-5-6-16/h8-9,16,18H,3-7,10-13H2,1-2H3/t18-,20+/m1/s1. The van der Waals surface area contributed by atoms with Crippen LogP contribution in [-0.2, 0) is 4.74 Å². The van der Waals surface area contributed by atoms with Crippen LogP contribution < -0.4 is 0 Å². The lowest BCUT2D eigenvalue weighted by Gasteiger charge is -2.28. The fraction of sp³-hybridized carbons (Fsp3) is 0.700. The predicted octanol–water partition coefficient (Wildman–Crippen LogP) is 3.37. The number of pyridine rings is 1. The molecule has 1 amide bonds. The van der Waals surface area contributed by atoms with E-state index in [-0.39, 0.29) is 11.3 Å². The molecule has 0 radical (unpaired) electrons. The molecular formula is C20H28N2O2. The zero-order chi connectivity index (χ0) is 16.7.